The van der Waals surface area contributed by atoms with Gasteiger partial charge in [-0.3, -0.25) is 0 Å². The van der Waals surface area contributed by atoms with E-state index < -0.39 is 0 Å². The summed E-state index contributed by atoms with van der Waals surface area (Å²) in [5, 5.41) is 14.9. The van der Waals surface area contributed by atoms with Gasteiger partial charge in [-0.1, -0.05) is 12.1 Å². The van der Waals surface area contributed by atoms with Crippen LogP contribution in [0.1, 0.15) is 26.3 Å². The third-order valence-corrected chi connectivity index (χ3v) is 3.90. The lowest BCUT2D eigenvalue weighted by Crippen LogP contribution is -2.36. The van der Waals surface area contributed by atoms with Gasteiger partial charge in [0.25, 0.3) is 0 Å². The number of aromatic nitrogens is 4. The second kappa shape index (κ2) is 7.39. The lowest BCUT2D eigenvalue weighted by molar-refractivity contribution is 0.144. The van der Waals surface area contributed by atoms with E-state index in [2.05, 4.69) is 20.8 Å². The Labute approximate surface area is 140 Å². The standard InChI is InChI=1S/C16H22N6O2/c1-12(2)22-15(18-19-20-22)13-6-3-4-7-14(13)17-16(23)21-8-5-10-24-11-9-21/h3-4,6-7,12H,5,8-11H2,1-2H3,(H,17,23). The zero-order chi connectivity index (χ0) is 16.9. The molecule has 0 aliphatic carbocycles. The Kier molecular flexibility index (Phi) is 5.05. The van der Waals surface area contributed by atoms with Crippen molar-refractivity contribution in [2.75, 3.05) is 31.6 Å². The van der Waals surface area contributed by atoms with Crippen molar-refractivity contribution >= 4 is 11.7 Å². The van der Waals surface area contributed by atoms with Crippen LogP contribution in [-0.2, 0) is 4.74 Å². The van der Waals surface area contributed by atoms with Crippen molar-refractivity contribution in [2.45, 2.75) is 26.3 Å². The number of hydrogen-bond acceptors (Lipinski definition) is 5. The van der Waals surface area contributed by atoms with E-state index >= 15 is 0 Å². The van der Waals surface area contributed by atoms with E-state index in [1.54, 1.807) is 9.58 Å². The number of rotatable bonds is 3. The number of benzene rings is 1. The van der Waals surface area contributed by atoms with Crippen LogP contribution in [0.4, 0.5) is 10.5 Å². The Morgan fingerprint density at radius 3 is 2.92 bits per heavy atom. The number of anilines is 1. The molecule has 1 saturated heterocycles. The lowest BCUT2D eigenvalue weighted by Gasteiger charge is -2.21. The second-order valence-electron chi connectivity index (χ2n) is 5.97. The molecule has 0 saturated carbocycles. The summed E-state index contributed by atoms with van der Waals surface area (Å²) in [5.41, 5.74) is 1.50. The van der Waals surface area contributed by atoms with E-state index in [-0.39, 0.29) is 12.1 Å². The molecular formula is C16H22N6O2. The van der Waals surface area contributed by atoms with Gasteiger partial charge in [-0.15, -0.1) is 5.10 Å². The van der Waals surface area contributed by atoms with Crippen LogP contribution in [0.25, 0.3) is 11.4 Å². The Balaban J connectivity index is 1.84. The average Bonchev–Trinajstić information content (AvgIpc) is 2.90. The molecular weight excluding hydrogens is 308 g/mol. The molecule has 2 heterocycles. The zero-order valence-electron chi connectivity index (χ0n) is 14.0. The molecule has 24 heavy (non-hydrogen) atoms. The van der Waals surface area contributed by atoms with E-state index in [1.165, 1.54) is 0 Å². The molecule has 1 N–H and O–H groups in total. The molecule has 1 fully saturated rings. The van der Waals surface area contributed by atoms with Crippen LogP contribution in [0.5, 0.6) is 0 Å². The number of para-hydroxylation sites is 1. The number of nitrogens with one attached hydrogen (secondary N) is 1. The van der Waals surface area contributed by atoms with Crippen molar-refractivity contribution in [2.24, 2.45) is 0 Å². The smallest absolute Gasteiger partial charge is 0.321 e. The van der Waals surface area contributed by atoms with Gasteiger partial charge < -0.3 is 15.0 Å². The summed E-state index contributed by atoms with van der Waals surface area (Å²) in [7, 11) is 0. The maximum absolute atomic E-state index is 12.6. The first-order chi connectivity index (χ1) is 11.7. The quantitative estimate of drug-likeness (QED) is 0.932. The van der Waals surface area contributed by atoms with Crippen molar-refractivity contribution in [3.05, 3.63) is 24.3 Å². The highest BCUT2D eigenvalue weighted by Crippen LogP contribution is 2.27. The minimum Gasteiger partial charge on any atom is -0.380 e. The Morgan fingerprint density at radius 1 is 1.25 bits per heavy atom. The summed E-state index contributed by atoms with van der Waals surface area (Å²) in [6.45, 7) is 6.58. The maximum Gasteiger partial charge on any atom is 0.321 e. The summed E-state index contributed by atoms with van der Waals surface area (Å²) in [4.78, 5) is 14.3. The van der Waals surface area contributed by atoms with Gasteiger partial charge in [-0.05, 0) is 42.8 Å². The van der Waals surface area contributed by atoms with Crippen LogP contribution in [0.3, 0.4) is 0 Å². The molecule has 8 nitrogen and oxygen atoms in total. The van der Waals surface area contributed by atoms with E-state index in [4.69, 9.17) is 4.74 Å². The molecule has 8 heteroatoms. The minimum absolute atomic E-state index is 0.126. The number of nitrogens with zero attached hydrogens (tertiary/aromatic N) is 5. The molecule has 0 unspecified atom stereocenters. The summed E-state index contributed by atoms with van der Waals surface area (Å²) in [6, 6.07) is 7.56. The highest BCUT2D eigenvalue weighted by Gasteiger charge is 2.19. The number of ether oxygens (including phenoxy) is 1. The van der Waals surface area contributed by atoms with Gasteiger partial charge in [-0.2, -0.15) is 0 Å². The van der Waals surface area contributed by atoms with Crippen molar-refractivity contribution < 1.29 is 9.53 Å². The fourth-order valence-electron chi connectivity index (χ4n) is 2.65. The van der Waals surface area contributed by atoms with E-state index in [9.17, 15) is 4.79 Å². The van der Waals surface area contributed by atoms with Gasteiger partial charge in [0.15, 0.2) is 5.82 Å². The summed E-state index contributed by atoms with van der Waals surface area (Å²) >= 11 is 0. The molecule has 0 bridgehead atoms. The first kappa shape index (κ1) is 16.4. The lowest BCUT2D eigenvalue weighted by atomic mass is 10.1. The second-order valence-corrected chi connectivity index (χ2v) is 5.97. The molecule has 2 amide bonds. The molecule has 3 rings (SSSR count). The van der Waals surface area contributed by atoms with Gasteiger partial charge in [0.1, 0.15) is 0 Å². The van der Waals surface area contributed by atoms with Crippen LogP contribution in [0, 0.1) is 0 Å². The van der Waals surface area contributed by atoms with Gasteiger partial charge in [0, 0.05) is 25.3 Å². The van der Waals surface area contributed by atoms with Gasteiger partial charge in [-0.25, -0.2) is 9.48 Å². The number of carbonyl (C=O) groups excluding carboxylic acids is 1. The van der Waals surface area contributed by atoms with Gasteiger partial charge in [0.05, 0.1) is 18.3 Å². The molecule has 1 aromatic carbocycles. The predicted octanol–water partition coefficient (Wildman–Crippen LogP) is 2.18. The Hall–Kier alpha value is -2.48. The monoisotopic (exact) mass is 330 g/mol. The van der Waals surface area contributed by atoms with Crippen LogP contribution < -0.4 is 5.32 Å². The number of amides is 2. The van der Waals surface area contributed by atoms with Crippen LogP contribution in [-0.4, -0.2) is 57.4 Å². The van der Waals surface area contributed by atoms with E-state index in [0.717, 1.165) is 12.0 Å². The van der Waals surface area contributed by atoms with Crippen molar-refractivity contribution in [1.82, 2.24) is 25.1 Å². The Morgan fingerprint density at radius 2 is 2.08 bits per heavy atom. The SMILES string of the molecule is CC(C)n1nnnc1-c1ccccc1NC(=O)N1CCCOCC1. The van der Waals surface area contributed by atoms with Gasteiger partial charge >= 0.3 is 6.03 Å². The molecule has 1 aliphatic heterocycles. The van der Waals surface area contributed by atoms with E-state index in [0.29, 0.717) is 37.8 Å². The minimum atomic E-state index is -0.128. The summed E-state index contributed by atoms with van der Waals surface area (Å²) in [6.07, 6.45) is 0.848. The van der Waals surface area contributed by atoms with Crippen LogP contribution >= 0.6 is 0 Å². The molecule has 128 valence electrons. The number of tetrazole rings is 1. The predicted molar refractivity (Wildman–Crippen MR) is 89.7 cm³/mol. The number of urea groups is 1. The maximum atomic E-state index is 12.6. The van der Waals surface area contributed by atoms with E-state index in [1.807, 2.05) is 38.1 Å². The first-order valence-corrected chi connectivity index (χ1v) is 8.18. The molecule has 1 aromatic heterocycles. The fraction of sp³-hybridized carbons (Fsp3) is 0.500. The zero-order valence-corrected chi connectivity index (χ0v) is 14.0. The molecule has 1 aliphatic rings. The molecule has 2 aromatic rings. The van der Waals surface area contributed by atoms with Crippen molar-refractivity contribution in [3.63, 3.8) is 0 Å². The van der Waals surface area contributed by atoms with Crippen LogP contribution in [0.2, 0.25) is 0 Å². The fourth-order valence-corrected chi connectivity index (χ4v) is 2.65. The molecule has 0 radical (unpaired) electrons. The normalized spacial score (nSPS) is 15.4. The molecule has 0 spiro atoms. The average molecular weight is 330 g/mol. The number of carbonyl (C=O) groups is 1. The summed E-state index contributed by atoms with van der Waals surface area (Å²) < 4.78 is 7.14. The third kappa shape index (κ3) is 3.53. The summed E-state index contributed by atoms with van der Waals surface area (Å²) in [5.74, 6) is 0.639. The van der Waals surface area contributed by atoms with Crippen molar-refractivity contribution in [1.29, 1.82) is 0 Å². The van der Waals surface area contributed by atoms with Crippen molar-refractivity contribution in [3.8, 4) is 11.4 Å². The number of hydrogen-bond donors (Lipinski definition) is 1. The van der Waals surface area contributed by atoms with Crippen LogP contribution in [0.15, 0.2) is 24.3 Å². The first-order valence-electron chi connectivity index (χ1n) is 8.18. The highest BCUT2D eigenvalue weighted by molar-refractivity contribution is 5.93. The highest BCUT2D eigenvalue weighted by atomic mass is 16.5. The third-order valence-electron chi connectivity index (χ3n) is 3.90. The topological polar surface area (TPSA) is 85.2 Å². The molecule has 0 atom stereocenters. The largest absolute Gasteiger partial charge is 0.380 e. The Bertz CT molecular complexity index is 691. The van der Waals surface area contributed by atoms with Gasteiger partial charge in [0.2, 0.25) is 0 Å².